The van der Waals surface area contributed by atoms with Gasteiger partial charge in [0.05, 0.1) is 22.8 Å². The minimum absolute atomic E-state index is 0.0301. The molecule has 0 bridgehead atoms. The van der Waals surface area contributed by atoms with Gasteiger partial charge in [-0.3, -0.25) is 9.48 Å². The average molecular weight is 346 g/mol. The van der Waals surface area contributed by atoms with Crippen molar-refractivity contribution >= 4 is 23.4 Å². The zero-order chi connectivity index (χ0) is 16.8. The predicted octanol–water partition coefficient (Wildman–Crippen LogP) is 2.57. The quantitative estimate of drug-likeness (QED) is 0.814. The molecule has 0 saturated heterocycles. The summed E-state index contributed by atoms with van der Waals surface area (Å²) < 4.78 is 4.06. The van der Waals surface area contributed by atoms with Gasteiger partial charge in [0.25, 0.3) is 0 Å². The average Bonchev–Trinajstić information content (AvgIpc) is 3.47. The van der Waals surface area contributed by atoms with E-state index in [9.17, 15) is 4.79 Å². The van der Waals surface area contributed by atoms with Crippen LogP contribution in [0.2, 0.25) is 0 Å². The summed E-state index contributed by atoms with van der Waals surface area (Å²) in [7, 11) is 1.88. The molecular formula is C16H22N6OS. The second-order valence-corrected chi connectivity index (χ2v) is 7.67. The standard InChI is InChI=1S/C16H22N6OS/c1-9-14(10(2)21(3)20-9)17-13(23)8-24-16-19-18-15(11-4-5-11)22(16)12-6-7-12/h11-12H,4-8H2,1-3H3,(H,17,23). The van der Waals surface area contributed by atoms with Crippen molar-refractivity contribution < 1.29 is 4.79 Å². The molecule has 2 saturated carbocycles. The molecule has 2 aliphatic carbocycles. The highest BCUT2D eigenvalue weighted by molar-refractivity contribution is 7.99. The lowest BCUT2D eigenvalue weighted by molar-refractivity contribution is -0.113. The molecule has 0 spiro atoms. The fourth-order valence-corrected chi connectivity index (χ4v) is 3.76. The Morgan fingerprint density at radius 1 is 1.25 bits per heavy atom. The van der Waals surface area contributed by atoms with Crippen LogP contribution in [0.4, 0.5) is 5.69 Å². The molecule has 1 N–H and O–H groups in total. The van der Waals surface area contributed by atoms with Crippen LogP contribution < -0.4 is 5.32 Å². The number of hydrogen-bond donors (Lipinski definition) is 1. The molecule has 8 heteroatoms. The van der Waals surface area contributed by atoms with Crippen LogP contribution in [-0.4, -0.2) is 36.2 Å². The Balaban J connectivity index is 1.42. The van der Waals surface area contributed by atoms with E-state index < -0.39 is 0 Å². The summed E-state index contributed by atoms with van der Waals surface area (Å²) in [6.07, 6.45) is 4.84. The fraction of sp³-hybridized carbons (Fsp3) is 0.625. The third-order valence-electron chi connectivity index (χ3n) is 4.65. The highest BCUT2D eigenvalue weighted by atomic mass is 32.2. The lowest BCUT2D eigenvalue weighted by Crippen LogP contribution is -2.16. The summed E-state index contributed by atoms with van der Waals surface area (Å²) in [6, 6.07) is 0.545. The molecule has 128 valence electrons. The van der Waals surface area contributed by atoms with Crippen LogP contribution in [0.15, 0.2) is 5.16 Å². The van der Waals surface area contributed by atoms with Crippen LogP contribution in [0, 0.1) is 13.8 Å². The molecule has 4 rings (SSSR count). The van der Waals surface area contributed by atoms with Crippen molar-refractivity contribution in [2.24, 2.45) is 7.05 Å². The van der Waals surface area contributed by atoms with E-state index in [1.54, 1.807) is 4.68 Å². The highest BCUT2D eigenvalue weighted by Gasteiger charge is 2.36. The third kappa shape index (κ3) is 2.94. The number of aryl methyl sites for hydroxylation is 2. The van der Waals surface area contributed by atoms with Crippen LogP contribution >= 0.6 is 11.8 Å². The molecule has 0 atom stereocenters. The van der Waals surface area contributed by atoms with Gasteiger partial charge in [0.2, 0.25) is 5.91 Å². The van der Waals surface area contributed by atoms with Crippen LogP contribution in [0.1, 0.15) is 54.9 Å². The molecule has 2 aliphatic rings. The maximum atomic E-state index is 12.3. The molecule has 0 unspecified atom stereocenters. The molecule has 0 radical (unpaired) electrons. The van der Waals surface area contributed by atoms with E-state index in [-0.39, 0.29) is 5.91 Å². The summed E-state index contributed by atoms with van der Waals surface area (Å²) in [5.41, 5.74) is 2.61. The van der Waals surface area contributed by atoms with Gasteiger partial charge in [-0.1, -0.05) is 11.8 Å². The smallest absolute Gasteiger partial charge is 0.234 e. The van der Waals surface area contributed by atoms with Crippen molar-refractivity contribution in [3.8, 4) is 0 Å². The van der Waals surface area contributed by atoms with Gasteiger partial charge in [-0.05, 0) is 39.5 Å². The molecule has 2 heterocycles. The summed E-state index contributed by atoms with van der Waals surface area (Å²) in [5, 5.41) is 16.9. The molecule has 7 nitrogen and oxygen atoms in total. The topological polar surface area (TPSA) is 77.6 Å². The van der Waals surface area contributed by atoms with E-state index in [2.05, 4.69) is 25.2 Å². The maximum absolute atomic E-state index is 12.3. The van der Waals surface area contributed by atoms with Crippen LogP contribution in [0.25, 0.3) is 0 Å². The zero-order valence-corrected chi connectivity index (χ0v) is 15.1. The monoisotopic (exact) mass is 346 g/mol. The second kappa shape index (κ2) is 5.91. The molecular weight excluding hydrogens is 324 g/mol. The van der Waals surface area contributed by atoms with Crippen LogP contribution in [-0.2, 0) is 11.8 Å². The number of nitrogens with one attached hydrogen (secondary N) is 1. The lowest BCUT2D eigenvalue weighted by Gasteiger charge is -2.08. The van der Waals surface area contributed by atoms with Crippen molar-refractivity contribution in [3.63, 3.8) is 0 Å². The minimum atomic E-state index is -0.0301. The molecule has 0 aliphatic heterocycles. The van der Waals surface area contributed by atoms with Crippen molar-refractivity contribution in [1.82, 2.24) is 24.5 Å². The number of thioether (sulfide) groups is 1. The minimum Gasteiger partial charge on any atom is -0.322 e. The Hall–Kier alpha value is -1.83. The van der Waals surface area contributed by atoms with Gasteiger partial charge < -0.3 is 9.88 Å². The summed E-state index contributed by atoms with van der Waals surface area (Å²) in [4.78, 5) is 12.3. The molecule has 2 aromatic rings. The Morgan fingerprint density at radius 3 is 2.58 bits per heavy atom. The number of aromatic nitrogens is 5. The highest BCUT2D eigenvalue weighted by Crippen LogP contribution is 2.45. The Bertz CT molecular complexity index is 787. The summed E-state index contributed by atoms with van der Waals surface area (Å²) >= 11 is 1.48. The number of carbonyl (C=O) groups excluding carboxylic acids is 1. The van der Waals surface area contributed by atoms with E-state index in [0.29, 0.717) is 17.7 Å². The normalized spacial score (nSPS) is 17.3. The van der Waals surface area contributed by atoms with E-state index in [1.807, 2.05) is 20.9 Å². The molecule has 2 fully saturated rings. The van der Waals surface area contributed by atoms with E-state index in [1.165, 1.54) is 37.4 Å². The van der Waals surface area contributed by atoms with Crippen molar-refractivity contribution in [1.29, 1.82) is 0 Å². The van der Waals surface area contributed by atoms with Crippen LogP contribution in [0.5, 0.6) is 0 Å². The number of carbonyl (C=O) groups is 1. The van der Waals surface area contributed by atoms with E-state index in [4.69, 9.17) is 0 Å². The SMILES string of the molecule is Cc1nn(C)c(C)c1NC(=O)CSc1nnc(C2CC2)n1C1CC1. The Morgan fingerprint density at radius 2 is 2.00 bits per heavy atom. The van der Waals surface area contributed by atoms with Gasteiger partial charge in [0.15, 0.2) is 5.16 Å². The first-order valence-electron chi connectivity index (χ1n) is 8.42. The first-order chi connectivity index (χ1) is 11.5. The molecule has 1 amide bonds. The molecule has 24 heavy (non-hydrogen) atoms. The Kier molecular flexibility index (Phi) is 3.86. The van der Waals surface area contributed by atoms with E-state index >= 15 is 0 Å². The van der Waals surface area contributed by atoms with Gasteiger partial charge in [-0.15, -0.1) is 10.2 Å². The van der Waals surface area contributed by atoms with E-state index in [0.717, 1.165) is 28.1 Å². The van der Waals surface area contributed by atoms with Crippen molar-refractivity contribution in [3.05, 3.63) is 17.2 Å². The van der Waals surface area contributed by atoms with Gasteiger partial charge in [-0.2, -0.15) is 5.10 Å². The summed E-state index contributed by atoms with van der Waals surface area (Å²) in [5.74, 6) is 2.02. The zero-order valence-electron chi connectivity index (χ0n) is 14.2. The number of nitrogens with zero attached hydrogens (tertiary/aromatic N) is 5. The fourth-order valence-electron chi connectivity index (χ4n) is 2.94. The first-order valence-corrected chi connectivity index (χ1v) is 9.40. The van der Waals surface area contributed by atoms with Gasteiger partial charge in [0.1, 0.15) is 5.82 Å². The Labute approximate surface area is 145 Å². The lowest BCUT2D eigenvalue weighted by atomic mass is 10.3. The molecule has 2 aromatic heterocycles. The van der Waals surface area contributed by atoms with Gasteiger partial charge in [0, 0.05) is 19.0 Å². The number of hydrogen-bond acceptors (Lipinski definition) is 5. The predicted molar refractivity (Wildman–Crippen MR) is 92.3 cm³/mol. The first kappa shape index (κ1) is 15.7. The number of anilines is 1. The van der Waals surface area contributed by atoms with Gasteiger partial charge in [-0.25, -0.2) is 0 Å². The second-order valence-electron chi connectivity index (χ2n) is 6.72. The molecule has 0 aromatic carbocycles. The maximum Gasteiger partial charge on any atom is 0.234 e. The summed E-state index contributed by atoms with van der Waals surface area (Å²) in [6.45, 7) is 3.86. The van der Waals surface area contributed by atoms with Gasteiger partial charge >= 0.3 is 0 Å². The third-order valence-corrected chi connectivity index (χ3v) is 5.59. The number of rotatable bonds is 6. The van der Waals surface area contributed by atoms with Crippen molar-refractivity contribution in [2.75, 3.05) is 11.1 Å². The number of amides is 1. The largest absolute Gasteiger partial charge is 0.322 e. The van der Waals surface area contributed by atoms with Crippen LogP contribution in [0.3, 0.4) is 0 Å². The van der Waals surface area contributed by atoms with Crippen molar-refractivity contribution in [2.45, 2.75) is 56.6 Å².